The number of nitrogens with zero attached hydrogens (tertiary/aromatic N) is 1. The average Bonchev–Trinajstić information content (AvgIpc) is 2.68. The van der Waals surface area contributed by atoms with Crippen LogP contribution in [0.5, 0.6) is 5.75 Å². The molecule has 0 heterocycles. The van der Waals surface area contributed by atoms with E-state index in [9.17, 15) is 13.2 Å². The van der Waals surface area contributed by atoms with Crippen LogP contribution in [-0.2, 0) is 26.2 Å². The Morgan fingerprint density at radius 2 is 1.75 bits per heavy atom. The van der Waals surface area contributed by atoms with Gasteiger partial charge in [-0.3, -0.25) is 9.10 Å². The summed E-state index contributed by atoms with van der Waals surface area (Å²) >= 11 is 0. The summed E-state index contributed by atoms with van der Waals surface area (Å²) in [5.74, 6) is 0.203. The Bertz CT molecular complexity index is 854. The minimum Gasteiger partial charge on any atom is -0.497 e. The molecule has 0 aromatic heterocycles. The first-order valence-corrected chi connectivity index (χ1v) is 10.7. The van der Waals surface area contributed by atoms with E-state index in [1.165, 1.54) is 7.11 Å². The summed E-state index contributed by atoms with van der Waals surface area (Å²) in [5, 5.41) is 2.72. The quantitative estimate of drug-likeness (QED) is 0.612. The fraction of sp³-hybridized carbons (Fsp3) is 0.350. The number of benzene rings is 2. The highest BCUT2D eigenvalue weighted by Crippen LogP contribution is 2.23. The van der Waals surface area contributed by atoms with Gasteiger partial charge in [0.25, 0.3) is 0 Å². The maximum absolute atomic E-state index is 12.5. The molecule has 0 saturated carbocycles. The summed E-state index contributed by atoms with van der Waals surface area (Å²) < 4.78 is 36.2. The van der Waals surface area contributed by atoms with E-state index in [0.717, 1.165) is 16.1 Å². The van der Waals surface area contributed by atoms with Crippen LogP contribution in [0.1, 0.15) is 12.5 Å². The Morgan fingerprint density at radius 3 is 2.32 bits per heavy atom. The highest BCUT2D eigenvalue weighted by molar-refractivity contribution is 7.92. The van der Waals surface area contributed by atoms with Crippen LogP contribution in [0.15, 0.2) is 54.6 Å². The van der Waals surface area contributed by atoms with Crippen molar-refractivity contribution >= 4 is 21.6 Å². The Balaban J connectivity index is 1.91. The summed E-state index contributed by atoms with van der Waals surface area (Å²) in [6, 6.07) is 15.3. The fourth-order valence-electron chi connectivity index (χ4n) is 2.70. The zero-order chi connectivity index (χ0) is 20.6. The Morgan fingerprint density at radius 1 is 1.11 bits per heavy atom. The number of carbonyl (C=O) groups is 1. The molecule has 0 saturated heterocycles. The molecule has 7 nitrogen and oxygen atoms in total. The van der Waals surface area contributed by atoms with Crippen molar-refractivity contribution in [1.29, 1.82) is 0 Å². The van der Waals surface area contributed by atoms with E-state index in [2.05, 4.69) is 5.32 Å². The SMILES string of the molecule is COc1ccc(N([C@@H](C)C(=O)NCCOCc2ccccc2)S(C)(=O)=O)cc1. The molecule has 1 amide bonds. The van der Waals surface area contributed by atoms with Crippen molar-refractivity contribution in [3.63, 3.8) is 0 Å². The first-order valence-electron chi connectivity index (χ1n) is 8.85. The second-order valence-electron chi connectivity index (χ2n) is 6.26. The van der Waals surface area contributed by atoms with Gasteiger partial charge < -0.3 is 14.8 Å². The summed E-state index contributed by atoms with van der Waals surface area (Å²) in [6.45, 7) is 2.62. The zero-order valence-corrected chi connectivity index (χ0v) is 17.1. The molecule has 0 spiro atoms. The van der Waals surface area contributed by atoms with Gasteiger partial charge in [0.2, 0.25) is 15.9 Å². The van der Waals surface area contributed by atoms with Crippen LogP contribution in [0.4, 0.5) is 5.69 Å². The smallest absolute Gasteiger partial charge is 0.243 e. The number of ether oxygens (including phenoxy) is 2. The van der Waals surface area contributed by atoms with Gasteiger partial charge in [0.15, 0.2) is 0 Å². The number of anilines is 1. The van der Waals surface area contributed by atoms with Crippen molar-refractivity contribution in [3.05, 3.63) is 60.2 Å². The second kappa shape index (κ2) is 10.1. The van der Waals surface area contributed by atoms with Gasteiger partial charge in [0.05, 0.1) is 32.3 Å². The lowest BCUT2D eigenvalue weighted by Gasteiger charge is -2.28. The molecule has 8 heteroatoms. The van der Waals surface area contributed by atoms with Crippen LogP contribution in [0, 0.1) is 0 Å². The lowest BCUT2D eigenvalue weighted by molar-refractivity contribution is -0.122. The first-order chi connectivity index (χ1) is 13.3. The van der Waals surface area contributed by atoms with Gasteiger partial charge in [-0.15, -0.1) is 0 Å². The van der Waals surface area contributed by atoms with E-state index in [-0.39, 0.29) is 6.54 Å². The van der Waals surface area contributed by atoms with Crippen LogP contribution in [0.3, 0.4) is 0 Å². The molecule has 0 aliphatic heterocycles. The van der Waals surface area contributed by atoms with Crippen molar-refractivity contribution in [2.45, 2.75) is 19.6 Å². The van der Waals surface area contributed by atoms with E-state index in [4.69, 9.17) is 9.47 Å². The molecule has 0 bridgehead atoms. The van der Waals surface area contributed by atoms with E-state index < -0.39 is 22.0 Å². The molecule has 1 atom stereocenters. The number of hydrogen-bond donors (Lipinski definition) is 1. The number of rotatable bonds is 10. The van der Waals surface area contributed by atoms with Gasteiger partial charge in [-0.2, -0.15) is 0 Å². The van der Waals surface area contributed by atoms with Crippen LogP contribution < -0.4 is 14.4 Å². The van der Waals surface area contributed by atoms with Gasteiger partial charge in [-0.05, 0) is 36.8 Å². The third kappa shape index (κ3) is 6.24. The molecule has 0 unspecified atom stereocenters. The molecule has 152 valence electrons. The predicted molar refractivity (Wildman–Crippen MR) is 109 cm³/mol. The minimum atomic E-state index is -3.65. The second-order valence-corrected chi connectivity index (χ2v) is 8.12. The third-order valence-corrected chi connectivity index (χ3v) is 5.31. The number of sulfonamides is 1. The highest BCUT2D eigenvalue weighted by atomic mass is 32.2. The van der Waals surface area contributed by atoms with Crippen LogP contribution in [0.25, 0.3) is 0 Å². The van der Waals surface area contributed by atoms with Gasteiger partial charge in [-0.25, -0.2) is 8.42 Å². The lowest BCUT2D eigenvalue weighted by Crippen LogP contribution is -2.48. The van der Waals surface area contributed by atoms with Crippen molar-refractivity contribution < 1.29 is 22.7 Å². The van der Waals surface area contributed by atoms with E-state index in [1.807, 2.05) is 30.3 Å². The third-order valence-electron chi connectivity index (χ3n) is 4.07. The summed E-state index contributed by atoms with van der Waals surface area (Å²) in [5.41, 5.74) is 1.44. The molecular formula is C20H26N2O5S. The molecule has 0 fully saturated rings. The molecule has 2 rings (SSSR count). The molecule has 0 aliphatic carbocycles. The topological polar surface area (TPSA) is 84.9 Å². The number of carbonyl (C=O) groups excluding carboxylic acids is 1. The van der Waals surface area contributed by atoms with Gasteiger partial charge in [0, 0.05) is 6.54 Å². The molecule has 0 aliphatic rings. The average molecular weight is 407 g/mol. The first kappa shape index (κ1) is 21.7. The maximum atomic E-state index is 12.5. The fourth-order valence-corrected chi connectivity index (χ4v) is 3.87. The normalized spacial score (nSPS) is 12.2. The Labute approximate surface area is 166 Å². The van der Waals surface area contributed by atoms with Crippen molar-refractivity contribution in [3.8, 4) is 5.75 Å². The molecule has 2 aromatic carbocycles. The summed E-state index contributed by atoms with van der Waals surface area (Å²) in [4.78, 5) is 12.5. The van der Waals surface area contributed by atoms with Crippen molar-refractivity contribution in [1.82, 2.24) is 5.32 Å². The number of hydrogen-bond acceptors (Lipinski definition) is 5. The number of methoxy groups -OCH3 is 1. The standard InChI is InChI=1S/C20H26N2O5S/c1-16(20(23)21-13-14-27-15-17-7-5-4-6-8-17)22(28(3,24)25)18-9-11-19(26-2)12-10-18/h4-12,16H,13-15H2,1-3H3,(H,21,23)/t16-/m0/s1. The van der Waals surface area contributed by atoms with Crippen molar-refractivity contribution in [2.24, 2.45) is 0 Å². The van der Waals surface area contributed by atoms with Crippen LogP contribution in [-0.4, -0.2) is 46.9 Å². The molecule has 1 N–H and O–H groups in total. The molecule has 28 heavy (non-hydrogen) atoms. The van der Waals surface area contributed by atoms with E-state index >= 15 is 0 Å². The zero-order valence-electron chi connectivity index (χ0n) is 16.3. The monoisotopic (exact) mass is 406 g/mol. The van der Waals surface area contributed by atoms with Gasteiger partial charge >= 0.3 is 0 Å². The predicted octanol–water partition coefficient (Wildman–Crippen LogP) is 2.18. The van der Waals surface area contributed by atoms with Gasteiger partial charge in [0.1, 0.15) is 11.8 Å². The molecule has 0 radical (unpaired) electrons. The Kier molecular flexibility index (Phi) is 7.83. The largest absolute Gasteiger partial charge is 0.497 e. The van der Waals surface area contributed by atoms with Crippen LogP contribution >= 0.6 is 0 Å². The summed E-state index contributed by atoms with van der Waals surface area (Å²) in [6.07, 6.45) is 1.07. The number of nitrogens with one attached hydrogen (secondary N) is 1. The van der Waals surface area contributed by atoms with Gasteiger partial charge in [-0.1, -0.05) is 30.3 Å². The van der Waals surface area contributed by atoms with Crippen molar-refractivity contribution in [2.75, 3.05) is 30.8 Å². The molecule has 2 aromatic rings. The maximum Gasteiger partial charge on any atom is 0.243 e. The Hall–Kier alpha value is -2.58. The van der Waals surface area contributed by atoms with Crippen LogP contribution in [0.2, 0.25) is 0 Å². The summed E-state index contributed by atoms with van der Waals surface area (Å²) in [7, 11) is -2.13. The molecular weight excluding hydrogens is 380 g/mol. The number of amides is 1. The lowest BCUT2D eigenvalue weighted by atomic mass is 10.2. The van der Waals surface area contributed by atoms with E-state index in [0.29, 0.717) is 24.7 Å². The minimum absolute atomic E-state index is 0.288. The highest BCUT2D eigenvalue weighted by Gasteiger charge is 2.28. The van der Waals surface area contributed by atoms with E-state index in [1.54, 1.807) is 31.2 Å².